The number of ether oxygens (including phenoxy) is 1. The van der Waals surface area contributed by atoms with Crippen LogP contribution in [0.4, 0.5) is 22.0 Å². The van der Waals surface area contributed by atoms with Crippen molar-refractivity contribution in [2.45, 2.75) is 6.92 Å². The molecule has 0 bridgehead atoms. The van der Waals surface area contributed by atoms with Gasteiger partial charge in [0.2, 0.25) is 40.7 Å². The molecule has 27 heavy (non-hydrogen) atoms. The monoisotopic (exact) mass is 388 g/mol. The van der Waals surface area contributed by atoms with Gasteiger partial charge in [0.25, 0.3) is 5.56 Å². The molecule has 142 valence electrons. The summed E-state index contributed by atoms with van der Waals surface area (Å²) in [6.07, 6.45) is 0. The lowest BCUT2D eigenvalue weighted by molar-refractivity contribution is 0.0908. The average Bonchev–Trinajstić information content (AvgIpc) is 2.63. The molecule has 0 unspecified atom stereocenters. The predicted octanol–water partition coefficient (Wildman–Crippen LogP) is 2.23. The molecule has 0 fully saturated rings. The summed E-state index contributed by atoms with van der Waals surface area (Å²) in [6.45, 7) is -0.0822. The molecule has 1 aromatic heterocycles. The molecule has 0 aliphatic heterocycles. The Kier molecular flexibility index (Phi) is 5.21. The van der Waals surface area contributed by atoms with Crippen LogP contribution in [0.25, 0.3) is 0 Å². The maximum absolute atomic E-state index is 13.6. The highest BCUT2D eigenvalue weighted by Gasteiger charge is 2.29. The SMILES string of the molecule is Cc1c(C(=O)COc2c(F)c(F)c(F)c(F)c2F)c(O)n(C)c(=O)c1C#N. The normalized spacial score (nSPS) is 10.6. The molecule has 0 atom stereocenters. The lowest BCUT2D eigenvalue weighted by atomic mass is 10.0. The molecule has 0 saturated carbocycles. The lowest BCUT2D eigenvalue weighted by Gasteiger charge is -2.13. The van der Waals surface area contributed by atoms with Gasteiger partial charge in [0.15, 0.2) is 12.4 Å². The number of carbonyl (C=O) groups excluding carboxylic acids is 1. The maximum Gasteiger partial charge on any atom is 0.271 e. The van der Waals surface area contributed by atoms with Gasteiger partial charge in [-0.2, -0.15) is 14.0 Å². The van der Waals surface area contributed by atoms with Crippen molar-refractivity contribution in [3.8, 4) is 17.7 Å². The van der Waals surface area contributed by atoms with Crippen LogP contribution in [0.5, 0.6) is 11.6 Å². The van der Waals surface area contributed by atoms with Gasteiger partial charge in [0.1, 0.15) is 11.6 Å². The molecule has 1 heterocycles. The number of halogens is 5. The summed E-state index contributed by atoms with van der Waals surface area (Å²) in [7, 11) is 1.06. The van der Waals surface area contributed by atoms with Gasteiger partial charge in [-0.1, -0.05) is 0 Å². The van der Waals surface area contributed by atoms with E-state index in [2.05, 4.69) is 4.74 Å². The predicted molar refractivity (Wildman–Crippen MR) is 78.9 cm³/mol. The fourth-order valence-electron chi connectivity index (χ4n) is 2.27. The number of nitrogens with zero attached hydrogens (tertiary/aromatic N) is 2. The Hall–Kier alpha value is -3.42. The zero-order chi connectivity index (χ0) is 20.6. The number of aromatic hydroxyl groups is 1. The summed E-state index contributed by atoms with van der Waals surface area (Å²) < 4.78 is 71.4. The van der Waals surface area contributed by atoms with Crippen molar-refractivity contribution in [3.05, 3.63) is 56.1 Å². The van der Waals surface area contributed by atoms with Crippen LogP contribution >= 0.6 is 0 Å². The van der Waals surface area contributed by atoms with E-state index in [4.69, 9.17) is 5.26 Å². The van der Waals surface area contributed by atoms with Crippen LogP contribution < -0.4 is 10.3 Å². The first-order valence-corrected chi connectivity index (χ1v) is 7.04. The number of hydrogen-bond donors (Lipinski definition) is 1. The van der Waals surface area contributed by atoms with E-state index in [0.717, 1.165) is 14.0 Å². The molecule has 0 spiro atoms. The lowest BCUT2D eigenvalue weighted by Crippen LogP contribution is -2.26. The molecular weight excluding hydrogens is 379 g/mol. The second-order valence-corrected chi connectivity index (χ2v) is 5.29. The van der Waals surface area contributed by atoms with Crippen LogP contribution in [-0.2, 0) is 7.05 Å². The van der Waals surface area contributed by atoms with E-state index >= 15 is 0 Å². The van der Waals surface area contributed by atoms with Crippen LogP contribution in [0.15, 0.2) is 4.79 Å². The number of Topliss-reactive ketones (excluding diaryl/α,β-unsaturated/α-hetero) is 1. The molecule has 2 aromatic rings. The molecular formula is C16H9F5N2O4. The third-order valence-electron chi connectivity index (χ3n) is 3.72. The Morgan fingerprint density at radius 2 is 1.59 bits per heavy atom. The standard InChI is InChI=1S/C16H9F5N2O4/c1-5-6(3-22)15(25)23(2)16(26)8(5)7(24)4-27-14-12(20)10(18)9(17)11(19)13(14)21/h26H,4H2,1-2H3. The Bertz CT molecular complexity index is 1040. The fourth-order valence-corrected chi connectivity index (χ4v) is 2.27. The van der Waals surface area contributed by atoms with E-state index < -0.39 is 69.8 Å². The Morgan fingerprint density at radius 3 is 2.07 bits per heavy atom. The molecule has 1 N–H and O–H groups in total. The van der Waals surface area contributed by atoms with Crippen LogP contribution in [0.1, 0.15) is 21.5 Å². The van der Waals surface area contributed by atoms with E-state index in [0.29, 0.717) is 4.57 Å². The van der Waals surface area contributed by atoms with Gasteiger partial charge in [-0.05, 0) is 12.5 Å². The zero-order valence-corrected chi connectivity index (χ0v) is 13.7. The minimum Gasteiger partial charge on any atom is -0.494 e. The first-order chi connectivity index (χ1) is 12.5. The fraction of sp³-hybridized carbons (Fsp3) is 0.188. The number of rotatable bonds is 4. The number of benzene rings is 1. The van der Waals surface area contributed by atoms with Gasteiger partial charge in [0, 0.05) is 7.05 Å². The average molecular weight is 388 g/mol. The van der Waals surface area contributed by atoms with Gasteiger partial charge in [-0.25, -0.2) is 13.2 Å². The maximum atomic E-state index is 13.6. The van der Waals surface area contributed by atoms with E-state index in [1.54, 1.807) is 6.07 Å². The highest BCUT2D eigenvalue weighted by molar-refractivity contribution is 6.01. The molecule has 11 heteroatoms. The van der Waals surface area contributed by atoms with E-state index in [1.165, 1.54) is 0 Å². The third kappa shape index (κ3) is 3.10. The molecule has 2 rings (SSSR count). The molecule has 0 aliphatic carbocycles. The molecule has 6 nitrogen and oxygen atoms in total. The molecule has 0 saturated heterocycles. The summed E-state index contributed by atoms with van der Waals surface area (Å²) in [4.78, 5) is 24.0. The second-order valence-electron chi connectivity index (χ2n) is 5.29. The van der Waals surface area contributed by atoms with Gasteiger partial charge >= 0.3 is 0 Å². The third-order valence-corrected chi connectivity index (χ3v) is 3.72. The summed E-state index contributed by atoms with van der Waals surface area (Å²) in [5.41, 5.74) is -2.18. The van der Waals surface area contributed by atoms with E-state index in [9.17, 15) is 36.6 Å². The van der Waals surface area contributed by atoms with Crippen molar-refractivity contribution in [2.75, 3.05) is 6.61 Å². The largest absolute Gasteiger partial charge is 0.494 e. The van der Waals surface area contributed by atoms with Crippen LogP contribution in [0.3, 0.4) is 0 Å². The minimum absolute atomic E-state index is 0.232. The Morgan fingerprint density at radius 1 is 1.11 bits per heavy atom. The van der Waals surface area contributed by atoms with Crippen LogP contribution in [0, 0.1) is 47.3 Å². The Balaban J connectivity index is 2.46. The van der Waals surface area contributed by atoms with Gasteiger partial charge in [-0.15, -0.1) is 0 Å². The van der Waals surface area contributed by atoms with Gasteiger partial charge in [-0.3, -0.25) is 14.2 Å². The summed E-state index contributed by atoms with van der Waals surface area (Å²) in [5, 5.41) is 18.9. The van der Waals surface area contributed by atoms with Crippen molar-refractivity contribution < 1.29 is 36.6 Å². The van der Waals surface area contributed by atoms with Crippen LogP contribution in [-0.4, -0.2) is 22.1 Å². The number of hydrogen-bond acceptors (Lipinski definition) is 5. The van der Waals surface area contributed by atoms with E-state index in [1.807, 2.05) is 0 Å². The van der Waals surface area contributed by atoms with Crippen molar-refractivity contribution in [1.29, 1.82) is 5.26 Å². The van der Waals surface area contributed by atoms with Gasteiger partial charge < -0.3 is 9.84 Å². The second kappa shape index (κ2) is 7.06. The number of ketones is 1. The van der Waals surface area contributed by atoms with Crippen molar-refractivity contribution in [3.63, 3.8) is 0 Å². The van der Waals surface area contributed by atoms with Crippen LogP contribution in [0.2, 0.25) is 0 Å². The number of nitriles is 1. The first-order valence-electron chi connectivity index (χ1n) is 7.04. The molecule has 1 aromatic carbocycles. The van der Waals surface area contributed by atoms with Crippen molar-refractivity contribution >= 4 is 5.78 Å². The van der Waals surface area contributed by atoms with Crippen molar-refractivity contribution in [2.24, 2.45) is 7.05 Å². The van der Waals surface area contributed by atoms with E-state index in [-0.39, 0.29) is 5.56 Å². The highest BCUT2D eigenvalue weighted by Crippen LogP contribution is 2.29. The molecule has 0 radical (unpaired) electrons. The molecule has 0 amide bonds. The minimum atomic E-state index is -2.39. The zero-order valence-electron chi connectivity index (χ0n) is 13.7. The summed E-state index contributed by atoms with van der Waals surface area (Å²) in [6, 6.07) is 1.54. The topological polar surface area (TPSA) is 92.3 Å². The quantitative estimate of drug-likeness (QED) is 0.375. The van der Waals surface area contributed by atoms with Crippen molar-refractivity contribution in [1.82, 2.24) is 4.57 Å². The number of carbonyl (C=O) groups is 1. The summed E-state index contributed by atoms with van der Waals surface area (Å²) >= 11 is 0. The number of pyridine rings is 1. The van der Waals surface area contributed by atoms with Gasteiger partial charge in [0.05, 0.1) is 5.56 Å². The highest BCUT2D eigenvalue weighted by atomic mass is 19.2. The Labute approximate surface area is 147 Å². The molecule has 0 aliphatic rings. The first kappa shape index (κ1) is 19.9. The smallest absolute Gasteiger partial charge is 0.271 e. The number of aromatic nitrogens is 1. The summed E-state index contributed by atoms with van der Waals surface area (Å²) in [5.74, 6) is -15.2.